The topological polar surface area (TPSA) is 67.2 Å². The summed E-state index contributed by atoms with van der Waals surface area (Å²) in [5.41, 5.74) is 1.77. The van der Waals surface area contributed by atoms with Crippen molar-refractivity contribution in [1.29, 1.82) is 0 Å². The number of hydrogen-bond acceptors (Lipinski definition) is 3. The Morgan fingerprint density at radius 3 is 2.52 bits per heavy atom. The number of aromatic nitrogens is 2. The second-order valence-electron chi connectivity index (χ2n) is 8.37. The van der Waals surface area contributed by atoms with E-state index in [9.17, 15) is 14.0 Å². The summed E-state index contributed by atoms with van der Waals surface area (Å²) < 4.78 is 15.9. The molecule has 1 saturated carbocycles. The third-order valence-electron chi connectivity index (χ3n) is 6.34. The first-order valence-corrected chi connectivity index (χ1v) is 11.0. The van der Waals surface area contributed by atoms with Gasteiger partial charge in [-0.25, -0.2) is 9.37 Å². The molecule has 3 aromatic rings. The van der Waals surface area contributed by atoms with Gasteiger partial charge in [0.1, 0.15) is 11.9 Å². The number of nitrogens with zero attached hydrogens (tertiary/aromatic N) is 3. The van der Waals surface area contributed by atoms with E-state index in [1.54, 1.807) is 12.1 Å². The van der Waals surface area contributed by atoms with Crippen LogP contribution in [-0.2, 0) is 9.59 Å². The maximum absolute atomic E-state index is 14.0. The molecule has 1 fully saturated rings. The fraction of sp³-hybridized carbons (Fsp3) is 0.375. The average Bonchev–Trinajstić information content (AvgIpc) is 3.10. The largest absolute Gasteiger partial charge is 0.324 e. The van der Waals surface area contributed by atoms with E-state index in [2.05, 4.69) is 5.32 Å². The van der Waals surface area contributed by atoms with Crippen LogP contribution in [0.5, 0.6) is 0 Å². The molecule has 2 aromatic carbocycles. The summed E-state index contributed by atoms with van der Waals surface area (Å²) >= 11 is 0. The highest BCUT2D eigenvalue weighted by molar-refractivity contribution is 6.05. The lowest BCUT2D eigenvalue weighted by molar-refractivity contribution is -0.125. The fourth-order valence-electron chi connectivity index (χ4n) is 4.86. The number of amides is 2. The molecule has 1 atom stereocenters. The van der Waals surface area contributed by atoms with Crippen LogP contribution >= 0.6 is 0 Å². The molecule has 160 valence electrons. The predicted octanol–water partition coefficient (Wildman–Crippen LogP) is 4.81. The zero-order valence-electron chi connectivity index (χ0n) is 17.3. The smallest absolute Gasteiger partial charge is 0.253 e. The SMILES string of the molecule is O=C(C[C@H]1C(=O)N(C2CCCCCC2)c2nc3ccccc3n21)Nc1ccccc1F. The molecule has 31 heavy (non-hydrogen) atoms. The maximum atomic E-state index is 14.0. The third kappa shape index (κ3) is 3.58. The Labute approximate surface area is 180 Å². The number of hydrogen-bond donors (Lipinski definition) is 1. The lowest BCUT2D eigenvalue weighted by atomic mass is 10.1. The van der Waals surface area contributed by atoms with Crippen molar-refractivity contribution < 1.29 is 14.0 Å². The summed E-state index contributed by atoms with van der Waals surface area (Å²) in [6.07, 6.45) is 6.38. The van der Waals surface area contributed by atoms with Gasteiger partial charge in [-0.05, 0) is 37.1 Å². The second-order valence-corrected chi connectivity index (χ2v) is 8.37. The zero-order valence-corrected chi connectivity index (χ0v) is 17.3. The van der Waals surface area contributed by atoms with Crippen LogP contribution in [-0.4, -0.2) is 27.4 Å². The summed E-state index contributed by atoms with van der Waals surface area (Å²) in [6, 6.07) is 13.1. The Balaban J connectivity index is 1.48. The third-order valence-corrected chi connectivity index (χ3v) is 6.34. The van der Waals surface area contributed by atoms with Gasteiger partial charge in [0, 0.05) is 6.04 Å². The number of para-hydroxylation sites is 3. The fourth-order valence-corrected chi connectivity index (χ4v) is 4.86. The molecule has 0 bridgehead atoms. The number of nitrogens with one attached hydrogen (secondary N) is 1. The molecule has 0 unspecified atom stereocenters. The van der Waals surface area contributed by atoms with Gasteiger partial charge in [0.25, 0.3) is 5.91 Å². The van der Waals surface area contributed by atoms with E-state index in [-0.39, 0.29) is 24.1 Å². The van der Waals surface area contributed by atoms with Gasteiger partial charge in [-0.15, -0.1) is 0 Å². The van der Waals surface area contributed by atoms with Crippen LogP contribution in [0.2, 0.25) is 0 Å². The van der Waals surface area contributed by atoms with E-state index in [1.807, 2.05) is 33.7 Å². The van der Waals surface area contributed by atoms with Crippen LogP contribution in [0.15, 0.2) is 48.5 Å². The van der Waals surface area contributed by atoms with Gasteiger partial charge in [-0.1, -0.05) is 49.9 Å². The van der Waals surface area contributed by atoms with Crippen molar-refractivity contribution in [2.24, 2.45) is 0 Å². The van der Waals surface area contributed by atoms with E-state index < -0.39 is 17.8 Å². The highest BCUT2D eigenvalue weighted by atomic mass is 19.1. The Kier molecular flexibility index (Phi) is 5.18. The van der Waals surface area contributed by atoms with Crippen LogP contribution in [0.4, 0.5) is 16.0 Å². The van der Waals surface area contributed by atoms with Gasteiger partial charge in [-0.2, -0.15) is 0 Å². The summed E-state index contributed by atoms with van der Waals surface area (Å²) in [5, 5.41) is 2.61. The van der Waals surface area contributed by atoms with Crippen LogP contribution in [0, 0.1) is 5.82 Å². The molecule has 5 rings (SSSR count). The normalized spacial score (nSPS) is 19.5. The summed E-state index contributed by atoms with van der Waals surface area (Å²) in [5.74, 6) is -0.358. The van der Waals surface area contributed by atoms with E-state index in [4.69, 9.17) is 4.98 Å². The summed E-state index contributed by atoms with van der Waals surface area (Å²) in [7, 11) is 0. The molecule has 1 aromatic heterocycles. The second kappa shape index (κ2) is 8.13. The van der Waals surface area contributed by atoms with Crippen molar-refractivity contribution in [3.63, 3.8) is 0 Å². The maximum Gasteiger partial charge on any atom is 0.253 e. The molecule has 6 nitrogen and oxygen atoms in total. The minimum absolute atomic E-state index is 0.0657. The molecule has 0 saturated heterocycles. The van der Waals surface area contributed by atoms with E-state index in [0.29, 0.717) is 5.95 Å². The summed E-state index contributed by atoms with van der Waals surface area (Å²) in [6.45, 7) is 0. The predicted molar refractivity (Wildman–Crippen MR) is 117 cm³/mol. The number of fused-ring (bicyclic) bond motifs is 3. The van der Waals surface area contributed by atoms with E-state index in [1.165, 1.54) is 25.0 Å². The van der Waals surface area contributed by atoms with Crippen molar-refractivity contribution in [3.8, 4) is 0 Å². The molecule has 2 aliphatic rings. The van der Waals surface area contributed by atoms with Crippen LogP contribution < -0.4 is 10.2 Å². The van der Waals surface area contributed by atoms with Crippen molar-refractivity contribution in [2.75, 3.05) is 10.2 Å². The van der Waals surface area contributed by atoms with Crippen LogP contribution in [0.1, 0.15) is 51.0 Å². The molecular weight excluding hydrogens is 395 g/mol. The number of carbonyl (C=O) groups excluding carboxylic acids is 2. The number of benzene rings is 2. The first-order valence-electron chi connectivity index (χ1n) is 11.0. The highest BCUT2D eigenvalue weighted by Gasteiger charge is 2.43. The van der Waals surface area contributed by atoms with Crippen LogP contribution in [0.25, 0.3) is 11.0 Å². The monoisotopic (exact) mass is 420 g/mol. The Bertz CT molecular complexity index is 1130. The van der Waals surface area contributed by atoms with Gasteiger partial charge < -0.3 is 5.32 Å². The number of carbonyl (C=O) groups is 2. The van der Waals surface area contributed by atoms with E-state index in [0.717, 1.165) is 36.7 Å². The minimum atomic E-state index is -0.683. The van der Waals surface area contributed by atoms with Crippen molar-refractivity contribution in [1.82, 2.24) is 9.55 Å². The number of imidazole rings is 1. The first kappa shape index (κ1) is 19.7. The quantitative estimate of drug-likeness (QED) is 0.616. The van der Waals surface area contributed by atoms with Crippen molar-refractivity contribution in [3.05, 3.63) is 54.3 Å². The van der Waals surface area contributed by atoms with Crippen LogP contribution in [0.3, 0.4) is 0 Å². The Hall–Kier alpha value is -3.22. The van der Waals surface area contributed by atoms with Gasteiger partial charge in [0.2, 0.25) is 11.9 Å². The molecule has 2 amide bonds. The first-order chi connectivity index (χ1) is 15.1. The van der Waals surface area contributed by atoms with Gasteiger partial charge in [0.15, 0.2) is 0 Å². The minimum Gasteiger partial charge on any atom is -0.324 e. The highest BCUT2D eigenvalue weighted by Crippen LogP contribution is 2.40. The van der Waals surface area contributed by atoms with Gasteiger partial charge >= 0.3 is 0 Å². The van der Waals surface area contributed by atoms with Crippen molar-refractivity contribution >= 4 is 34.5 Å². The van der Waals surface area contributed by atoms with E-state index >= 15 is 0 Å². The van der Waals surface area contributed by atoms with Gasteiger partial charge in [0.05, 0.1) is 23.1 Å². The lowest BCUT2D eigenvalue weighted by Crippen LogP contribution is -2.39. The molecular formula is C24H25FN4O2. The number of anilines is 2. The zero-order chi connectivity index (χ0) is 21.4. The molecule has 7 heteroatoms. The average molecular weight is 420 g/mol. The molecule has 0 spiro atoms. The molecule has 1 aliphatic heterocycles. The lowest BCUT2D eigenvalue weighted by Gasteiger charge is -2.25. The standard InChI is InChI=1S/C24H25FN4O2/c25-17-11-5-6-12-18(17)26-22(30)15-21-23(31)28(16-9-3-1-2-4-10-16)24-27-19-13-7-8-14-20(19)29(21)24/h5-8,11-14,16,21H,1-4,9-10,15H2,(H,26,30)/t21-/m0/s1. The molecule has 2 heterocycles. The number of rotatable bonds is 4. The summed E-state index contributed by atoms with van der Waals surface area (Å²) in [4.78, 5) is 32.9. The number of halogens is 1. The van der Waals surface area contributed by atoms with Crippen molar-refractivity contribution in [2.45, 2.75) is 57.0 Å². The molecule has 0 radical (unpaired) electrons. The molecule has 1 N–H and O–H groups in total. The Morgan fingerprint density at radius 2 is 1.74 bits per heavy atom. The molecule has 1 aliphatic carbocycles. The van der Waals surface area contributed by atoms with Gasteiger partial charge in [-0.3, -0.25) is 19.1 Å². The Morgan fingerprint density at radius 1 is 1.03 bits per heavy atom.